The van der Waals surface area contributed by atoms with Gasteiger partial charge in [0.05, 0.1) is 12.7 Å². The number of benzene rings is 1. The van der Waals surface area contributed by atoms with Crippen molar-refractivity contribution in [3.05, 3.63) is 34.1 Å². The molecule has 0 aliphatic rings. The highest BCUT2D eigenvalue weighted by Gasteiger charge is 2.10. The van der Waals surface area contributed by atoms with Crippen molar-refractivity contribution >= 4 is 15.9 Å². The van der Waals surface area contributed by atoms with Crippen LogP contribution in [-0.4, -0.2) is 43.4 Å². The van der Waals surface area contributed by atoms with E-state index in [9.17, 15) is 9.50 Å². The lowest BCUT2D eigenvalue weighted by atomic mass is 10.2. The third kappa shape index (κ3) is 5.12. The molecule has 0 saturated carbocycles. The Morgan fingerprint density at radius 1 is 1.53 bits per heavy atom. The van der Waals surface area contributed by atoms with E-state index >= 15 is 0 Å². The van der Waals surface area contributed by atoms with E-state index in [2.05, 4.69) is 15.9 Å². The van der Waals surface area contributed by atoms with E-state index in [1.807, 2.05) is 11.9 Å². The standard InChI is InChI=1S/C12H17BrFNO2/c1-15(7-11(16)8-17-2)6-9-3-4-10(14)5-12(9)13/h3-5,11,16H,6-8H2,1-2H3. The molecule has 0 amide bonds. The van der Waals surface area contributed by atoms with Crippen LogP contribution in [0.5, 0.6) is 0 Å². The Kier molecular flexibility index (Phi) is 6.05. The van der Waals surface area contributed by atoms with Gasteiger partial charge in [-0.3, -0.25) is 4.90 Å². The first-order valence-corrected chi connectivity index (χ1v) is 6.11. The summed E-state index contributed by atoms with van der Waals surface area (Å²) in [5.41, 5.74) is 0.985. The largest absolute Gasteiger partial charge is 0.389 e. The van der Waals surface area contributed by atoms with Crippen molar-refractivity contribution < 1.29 is 14.2 Å². The molecule has 1 atom stereocenters. The van der Waals surface area contributed by atoms with E-state index in [0.717, 1.165) is 10.0 Å². The third-order valence-corrected chi connectivity index (χ3v) is 3.08. The van der Waals surface area contributed by atoms with Gasteiger partial charge in [-0.05, 0) is 24.7 Å². The van der Waals surface area contributed by atoms with Crippen molar-refractivity contribution in [2.75, 3.05) is 27.3 Å². The molecule has 17 heavy (non-hydrogen) atoms. The van der Waals surface area contributed by atoms with Gasteiger partial charge < -0.3 is 9.84 Å². The van der Waals surface area contributed by atoms with Crippen molar-refractivity contribution in [2.45, 2.75) is 12.6 Å². The second kappa shape index (κ2) is 7.06. The predicted octanol–water partition coefficient (Wildman–Crippen LogP) is 2.03. The number of rotatable bonds is 6. The van der Waals surface area contributed by atoms with E-state index in [-0.39, 0.29) is 5.82 Å². The second-order valence-electron chi connectivity index (χ2n) is 4.04. The van der Waals surface area contributed by atoms with E-state index in [0.29, 0.717) is 19.7 Å². The van der Waals surface area contributed by atoms with Crippen LogP contribution in [0.2, 0.25) is 0 Å². The van der Waals surface area contributed by atoms with Crippen molar-refractivity contribution in [1.29, 1.82) is 0 Å². The number of methoxy groups -OCH3 is 1. The molecule has 0 aliphatic carbocycles. The van der Waals surface area contributed by atoms with E-state index in [4.69, 9.17) is 4.74 Å². The summed E-state index contributed by atoms with van der Waals surface area (Å²) >= 11 is 3.32. The average Bonchev–Trinajstić information content (AvgIpc) is 2.22. The molecule has 3 nitrogen and oxygen atoms in total. The second-order valence-corrected chi connectivity index (χ2v) is 4.90. The zero-order valence-corrected chi connectivity index (χ0v) is 11.6. The van der Waals surface area contributed by atoms with Crippen LogP contribution >= 0.6 is 15.9 Å². The number of aliphatic hydroxyl groups excluding tert-OH is 1. The summed E-state index contributed by atoms with van der Waals surface area (Å²) in [5.74, 6) is -0.261. The maximum absolute atomic E-state index is 12.9. The van der Waals surface area contributed by atoms with Crippen molar-refractivity contribution in [1.82, 2.24) is 4.90 Å². The van der Waals surface area contributed by atoms with Gasteiger partial charge in [-0.15, -0.1) is 0 Å². The fourth-order valence-electron chi connectivity index (χ4n) is 1.61. The first-order valence-electron chi connectivity index (χ1n) is 5.32. The molecule has 5 heteroatoms. The maximum atomic E-state index is 12.9. The van der Waals surface area contributed by atoms with Gasteiger partial charge in [-0.1, -0.05) is 22.0 Å². The lowest BCUT2D eigenvalue weighted by Gasteiger charge is -2.20. The van der Waals surface area contributed by atoms with Crippen molar-refractivity contribution in [2.24, 2.45) is 0 Å². The predicted molar refractivity (Wildman–Crippen MR) is 68.3 cm³/mol. The zero-order valence-electron chi connectivity index (χ0n) is 9.99. The SMILES string of the molecule is COCC(O)CN(C)Cc1ccc(F)cc1Br. The van der Waals surface area contributed by atoms with Crippen LogP contribution in [0.3, 0.4) is 0 Å². The molecule has 0 saturated heterocycles. The Morgan fingerprint density at radius 3 is 2.82 bits per heavy atom. The highest BCUT2D eigenvalue weighted by Crippen LogP contribution is 2.19. The minimum atomic E-state index is -0.510. The molecule has 0 fully saturated rings. The van der Waals surface area contributed by atoms with Crippen LogP contribution in [-0.2, 0) is 11.3 Å². The fraction of sp³-hybridized carbons (Fsp3) is 0.500. The molecule has 0 spiro atoms. The molecule has 1 aromatic rings. The topological polar surface area (TPSA) is 32.7 Å². The van der Waals surface area contributed by atoms with Crippen molar-refractivity contribution in [3.63, 3.8) is 0 Å². The Balaban J connectivity index is 2.52. The van der Waals surface area contributed by atoms with Crippen molar-refractivity contribution in [3.8, 4) is 0 Å². The first kappa shape index (κ1) is 14.6. The number of aliphatic hydroxyl groups is 1. The number of nitrogens with zero attached hydrogens (tertiary/aromatic N) is 1. The highest BCUT2D eigenvalue weighted by atomic mass is 79.9. The lowest BCUT2D eigenvalue weighted by Crippen LogP contribution is -2.31. The number of likely N-dealkylation sites (N-methyl/N-ethyl adjacent to an activating group) is 1. The number of halogens is 2. The first-order chi connectivity index (χ1) is 8.02. The molecule has 1 unspecified atom stereocenters. The summed E-state index contributed by atoms with van der Waals surface area (Å²) in [5, 5.41) is 9.57. The molecular formula is C12H17BrFNO2. The quantitative estimate of drug-likeness (QED) is 0.873. The molecule has 0 radical (unpaired) electrons. The van der Waals surface area contributed by atoms with Gasteiger partial charge in [-0.2, -0.15) is 0 Å². The number of hydrogen-bond donors (Lipinski definition) is 1. The Morgan fingerprint density at radius 2 is 2.24 bits per heavy atom. The maximum Gasteiger partial charge on any atom is 0.124 e. The Labute approximate surface area is 109 Å². The van der Waals surface area contributed by atoms with Gasteiger partial charge in [-0.25, -0.2) is 4.39 Å². The van der Waals surface area contributed by atoms with Crippen LogP contribution in [0.1, 0.15) is 5.56 Å². The molecule has 0 heterocycles. The van der Waals surface area contributed by atoms with E-state index in [1.165, 1.54) is 12.1 Å². The summed E-state index contributed by atoms with van der Waals surface area (Å²) in [7, 11) is 3.45. The fourth-order valence-corrected chi connectivity index (χ4v) is 2.09. The van der Waals surface area contributed by atoms with Crippen LogP contribution in [0.15, 0.2) is 22.7 Å². The summed E-state index contributed by atoms with van der Waals surface area (Å²) < 4.78 is 18.5. The molecule has 1 aromatic carbocycles. The van der Waals surface area contributed by atoms with E-state index < -0.39 is 6.10 Å². The molecule has 0 aliphatic heterocycles. The molecule has 0 bridgehead atoms. The van der Waals surface area contributed by atoms with Crippen LogP contribution in [0.25, 0.3) is 0 Å². The smallest absolute Gasteiger partial charge is 0.124 e. The minimum Gasteiger partial charge on any atom is -0.389 e. The van der Waals surface area contributed by atoms with Crippen LogP contribution in [0, 0.1) is 5.82 Å². The average molecular weight is 306 g/mol. The molecule has 1 N–H and O–H groups in total. The summed E-state index contributed by atoms with van der Waals surface area (Å²) in [6, 6.07) is 4.60. The van der Waals surface area contributed by atoms with Crippen LogP contribution < -0.4 is 0 Å². The van der Waals surface area contributed by atoms with E-state index in [1.54, 1.807) is 13.2 Å². The lowest BCUT2D eigenvalue weighted by molar-refractivity contribution is 0.0418. The molecule has 1 rings (SSSR count). The number of hydrogen-bond acceptors (Lipinski definition) is 3. The monoisotopic (exact) mass is 305 g/mol. The van der Waals surface area contributed by atoms with Gasteiger partial charge in [0.15, 0.2) is 0 Å². The minimum absolute atomic E-state index is 0.261. The molecule has 96 valence electrons. The Hall–Kier alpha value is -0.490. The Bertz CT molecular complexity index is 362. The zero-order chi connectivity index (χ0) is 12.8. The van der Waals surface area contributed by atoms with Gasteiger partial charge >= 0.3 is 0 Å². The summed E-state index contributed by atoms with van der Waals surface area (Å²) in [4.78, 5) is 1.96. The normalized spacial score (nSPS) is 13.1. The highest BCUT2D eigenvalue weighted by molar-refractivity contribution is 9.10. The summed E-state index contributed by atoms with van der Waals surface area (Å²) in [6.07, 6.45) is -0.510. The molecule has 0 aromatic heterocycles. The van der Waals surface area contributed by atoms with Gasteiger partial charge in [0.2, 0.25) is 0 Å². The van der Waals surface area contributed by atoms with Gasteiger partial charge in [0.1, 0.15) is 5.82 Å². The number of ether oxygens (including phenoxy) is 1. The van der Waals surface area contributed by atoms with Gasteiger partial charge in [0.25, 0.3) is 0 Å². The molecular weight excluding hydrogens is 289 g/mol. The van der Waals surface area contributed by atoms with Crippen LogP contribution in [0.4, 0.5) is 4.39 Å². The third-order valence-electron chi connectivity index (χ3n) is 2.34. The summed E-state index contributed by atoms with van der Waals surface area (Å²) in [6.45, 7) is 1.47. The van der Waals surface area contributed by atoms with Gasteiger partial charge in [0, 0.05) is 24.7 Å².